The average Bonchev–Trinajstić information content (AvgIpc) is 2.44. The van der Waals surface area contributed by atoms with E-state index in [9.17, 15) is 0 Å². The molecule has 1 saturated heterocycles. The summed E-state index contributed by atoms with van der Waals surface area (Å²) in [6.45, 7) is 11.7. The van der Waals surface area contributed by atoms with Gasteiger partial charge in [-0.15, -0.1) is 0 Å². The van der Waals surface area contributed by atoms with Crippen LogP contribution in [-0.4, -0.2) is 23.6 Å². The van der Waals surface area contributed by atoms with Crippen molar-refractivity contribution in [2.45, 2.75) is 59.0 Å². The van der Waals surface area contributed by atoms with Crippen LogP contribution in [0.4, 0.5) is 5.82 Å². The molecule has 118 valence electrons. The standard InChI is InChI=1S/C17H28ClN3/c1-5-13-7-6-8-21(12-13)16-15(18)9-14(10-19-16)11-20-17(2,3)4/h9-10,13,20H,5-8,11-12H2,1-4H3. The molecule has 1 aromatic heterocycles. The third-order valence-electron chi connectivity index (χ3n) is 4.10. The van der Waals surface area contributed by atoms with Gasteiger partial charge >= 0.3 is 0 Å². The van der Waals surface area contributed by atoms with E-state index in [-0.39, 0.29) is 5.54 Å². The molecule has 0 radical (unpaired) electrons. The van der Waals surface area contributed by atoms with Crippen LogP contribution in [0.25, 0.3) is 0 Å². The minimum absolute atomic E-state index is 0.104. The van der Waals surface area contributed by atoms with Gasteiger partial charge in [0.05, 0.1) is 5.02 Å². The monoisotopic (exact) mass is 309 g/mol. The van der Waals surface area contributed by atoms with Crippen LogP contribution >= 0.6 is 11.6 Å². The third-order valence-corrected chi connectivity index (χ3v) is 4.38. The summed E-state index contributed by atoms with van der Waals surface area (Å²) in [5.41, 5.74) is 1.24. The quantitative estimate of drug-likeness (QED) is 0.901. The normalized spacial score (nSPS) is 19.9. The molecule has 3 nitrogen and oxygen atoms in total. The zero-order valence-electron chi connectivity index (χ0n) is 13.7. The fourth-order valence-corrected chi connectivity index (χ4v) is 3.07. The van der Waals surface area contributed by atoms with Crippen molar-refractivity contribution in [1.82, 2.24) is 10.3 Å². The van der Waals surface area contributed by atoms with Crippen molar-refractivity contribution in [2.24, 2.45) is 5.92 Å². The number of nitrogens with one attached hydrogen (secondary N) is 1. The molecule has 1 aliphatic heterocycles. The lowest BCUT2D eigenvalue weighted by molar-refractivity contribution is 0.403. The molecule has 1 N–H and O–H groups in total. The maximum atomic E-state index is 6.47. The summed E-state index contributed by atoms with van der Waals surface area (Å²) < 4.78 is 0. The van der Waals surface area contributed by atoms with E-state index >= 15 is 0 Å². The Bertz CT molecular complexity index is 468. The van der Waals surface area contributed by atoms with Crippen molar-refractivity contribution < 1.29 is 0 Å². The number of hydrogen-bond acceptors (Lipinski definition) is 3. The molecule has 21 heavy (non-hydrogen) atoms. The molecule has 1 aliphatic rings. The highest BCUT2D eigenvalue weighted by Gasteiger charge is 2.21. The van der Waals surface area contributed by atoms with Gasteiger partial charge in [-0.1, -0.05) is 24.9 Å². The zero-order valence-corrected chi connectivity index (χ0v) is 14.5. The number of anilines is 1. The summed E-state index contributed by atoms with van der Waals surface area (Å²) in [7, 11) is 0. The van der Waals surface area contributed by atoms with Gasteiger partial charge in [0, 0.05) is 31.4 Å². The fraction of sp³-hybridized carbons (Fsp3) is 0.706. The van der Waals surface area contributed by atoms with Crippen LogP contribution in [0.3, 0.4) is 0 Å². The third kappa shape index (κ3) is 4.86. The van der Waals surface area contributed by atoms with Gasteiger partial charge in [-0.05, 0) is 51.2 Å². The molecule has 4 heteroatoms. The molecular weight excluding hydrogens is 282 g/mol. The van der Waals surface area contributed by atoms with Crippen molar-refractivity contribution in [1.29, 1.82) is 0 Å². The Morgan fingerprint density at radius 3 is 2.81 bits per heavy atom. The van der Waals surface area contributed by atoms with Gasteiger partial charge in [-0.25, -0.2) is 4.98 Å². The maximum Gasteiger partial charge on any atom is 0.147 e. The summed E-state index contributed by atoms with van der Waals surface area (Å²) in [6, 6.07) is 2.05. The number of aromatic nitrogens is 1. The van der Waals surface area contributed by atoms with E-state index in [2.05, 4.69) is 49.0 Å². The van der Waals surface area contributed by atoms with Crippen LogP contribution < -0.4 is 10.2 Å². The molecule has 1 fully saturated rings. The fourth-order valence-electron chi connectivity index (χ4n) is 2.76. The Labute approximate surface area is 134 Å². The number of nitrogens with zero attached hydrogens (tertiary/aromatic N) is 2. The Morgan fingerprint density at radius 2 is 2.19 bits per heavy atom. The van der Waals surface area contributed by atoms with E-state index in [1.54, 1.807) is 0 Å². The van der Waals surface area contributed by atoms with E-state index in [4.69, 9.17) is 11.6 Å². The first kappa shape index (κ1) is 16.6. The first-order valence-corrected chi connectivity index (χ1v) is 8.41. The van der Waals surface area contributed by atoms with E-state index in [1.165, 1.54) is 19.3 Å². The van der Waals surface area contributed by atoms with E-state index in [0.717, 1.165) is 42.0 Å². The second kappa shape index (κ2) is 6.97. The number of rotatable bonds is 4. The van der Waals surface area contributed by atoms with E-state index in [0.29, 0.717) is 0 Å². The van der Waals surface area contributed by atoms with Gasteiger partial charge in [0.15, 0.2) is 0 Å². The molecule has 2 rings (SSSR count). The highest BCUT2D eigenvalue weighted by Crippen LogP contribution is 2.29. The van der Waals surface area contributed by atoms with Gasteiger partial charge in [0.2, 0.25) is 0 Å². The number of pyridine rings is 1. The lowest BCUT2D eigenvalue weighted by Crippen LogP contribution is -2.36. The number of hydrogen-bond donors (Lipinski definition) is 1. The molecule has 0 amide bonds. The van der Waals surface area contributed by atoms with Crippen molar-refractivity contribution in [3.63, 3.8) is 0 Å². The molecule has 0 bridgehead atoms. The van der Waals surface area contributed by atoms with Crippen molar-refractivity contribution in [3.05, 3.63) is 22.8 Å². The van der Waals surface area contributed by atoms with Crippen LogP contribution in [0.2, 0.25) is 5.02 Å². The second-order valence-corrected chi connectivity index (χ2v) is 7.52. The predicted octanol–water partition coefficient (Wildman–Crippen LogP) is 4.25. The summed E-state index contributed by atoms with van der Waals surface area (Å²) >= 11 is 6.47. The highest BCUT2D eigenvalue weighted by molar-refractivity contribution is 6.33. The molecule has 0 aliphatic carbocycles. The Kier molecular flexibility index (Phi) is 5.50. The maximum absolute atomic E-state index is 6.47. The average molecular weight is 310 g/mol. The first-order chi connectivity index (χ1) is 9.89. The van der Waals surface area contributed by atoms with Crippen LogP contribution in [-0.2, 0) is 6.54 Å². The van der Waals surface area contributed by atoms with Crippen molar-refractivity contribution in [2.75, 3.05) is 18.0 Å². The van der Waals surface area contributed by atoms with Crippen LogP contribution in [0, 0.1) is 5.92 Å². The van der Waals surface area contributed by atoms with E-state index in [1.807, 2.05) is 6.20 Å². The molecular formula is C17H28ClN3. The molecule has 2 heterocycles. The SMILES string of the molecule is CCC1CCCN(c2ncc(CNC(C)(C)C)cc2Cl)C1. The van der Waals surface area contributed by atoms with Crippen molar-refractivity contribution >= 4 is 17.4 Å². The lowest BCUT2D eigenvalue weighted by Gasteiger charge is -2.33. The number of piperidine rings is 1. The molecule has 1 unspecified atom stereocenters. The molecule has 1 atom stereocenters. The topological polar surface area (TPSA) is 28.2 Å². The van der Waals surface area contributed by atoms with Crippen molar-refractivity contribution in [3.8, 4) is 0 Å². The van der Waals surface area contributed by atoms with Crippen LogP contribution in [0.1, 0.15) is 52.5 Å². The molecule has 0 saturated carbocycles. The predicted molar refractivity (Wildman–Crippen MR) is 91.1 cm³/mol. The molecule has 1 aromatic rings. The largest absolute Gasteiger partial charge is 0.355 e. The molecule has 0 spiro atoms. The smallest absolute Gasteiger partial charge is 0.147 e. The minimum atomic E-state index is 0.104. The Morgan fingerprint density at radius 1 is 1.43 bits per heavy atom. The summed E-state index contributed by atoms with van der Waals surface area (Å²) in [5, 5.41) is 4.25. The van der Waals surface area contributed by atoms with E-state index < -0.39 is 0 Å². The zero-order chi connectivity index (χ0) is 15.5. The van der Waals surface area contributed by atoms with Gasteiger partial charge in [0.1, 0.15) is 5.82 Å². The minimum Gasteiger partial charge on any atom is -0.355 e. The first-order valence-electron chi connectivity index (χ1n) is 8.03. The number of halogens is 1. The highest BCUT2D eigenvalue weighted by atomic mass is 35.5. The Hall–Kier alpha value is -0.800. The summed E-state index contributed by atoms with van der Waals surface area (Å²) in [5.74, 6) is 1.73. The summed E-state index contributed by atoms with van der Waals surface area (Å²) in [4.78, 5) is 6.97. The van der Waals surface area contributed by atoms with Crippen LogP contribution in [0.5, 0.6) is 0 Å². The van der Waals surface area contributed by atoms with Gasteiger partial charge in [-0.3, -0.25) is 0 Å². The van der Waals surface area contributed by atoms with Gasteiger partial charge in [-0.2, -0.15) is 0 Å². The van der Waals surface area contributed by atoms with Crippen LogP contribution in [0.15, 0.2) is 12.3 Å². The summed E-state index contributed by atoms with van der Waals surface area (Å²) in [6.07, 6.45) is 5.76. The van der Waals surface area contributed by atoms with Gasteiger partial charge < -0.3 is 10.2 Å². The second-order valence-electron chi connectivity index (χ2n) is 7.12. The lowest BCUT2D eigenvalue weighted by atomic mass is 9.96. The molecule has 0 aromatic carbocycles. The van der Waals surface area contributed by atoms with Gasteiger partial charge in [0.25, 0.3) is 0 Å². The Balaban J connectivity index is 2.05.